The van der Waals surface area contributed by atoms with Gasteiger partial charge in [-0.05, 0) is 36.9 Å². The maximum absolute atomic E-state index is 5.94. The Labute approximate surface area is 120 Å². The molecule has 0 aromatic carbocycles. The molecule has 108 valence electrons. The van der Waals surface area contributed by atoms with Crippen LogP contribution in [0.15, 0.2) is 23.7 Å². The number of hydrogen-bond acceptors (Lipinski definition) is 1. The zero-order chi connectivity index (χ0) is 14.6. The van der Waals surface area contributed by atoms with Crippen molar-refractivity contribution < 1.29 is 4.65 Å². The summed E-state index contributed by atoms with van der Waals surface area (Å²) < 4.78 is 5.94. The molecule has 1 nitrogen and oxygen atoms in total. The minimum absolute atomic E-state index is 0.151. The highest BCUT2D eigenvalue weighted by Gasteiger charge is 2.42. The second kappa shape index (κ2) is 6.79. The molecular weight excluding hydrogens is 231 g/mol. The van der Waals surface area contributed by atoms with Crippen molar-refractivity contribution in [3.8, 4) is 0 Å². The van der Waals surface area contributed by atoms with E-state index in [4.69, 9.17) is 4.65 Å². The van der Waals surface area contributed by atoms with Gasteiger partial charge in [0.15, 0.2) is 0 Å². The molecule has 0 radical (unpaired) electrons. The quantitative estimate of drug-likeness (QED) is 0.466. The predicted octanol–water partition coefficient (Wildman–Crippen LogP) is 5.29. The summed E-state index contributed by atoms with van der Waals surface area (Å²) >= 11 is 0. The summed E-state index contributed by atoms with van der Waals surface area (Å²) in [5.41, 5.74) is 2.62. The van der Waals surface area contributed by atoms with E-state index in [2.05, 4.69) is 47.3 Å². The number of hydrogen-bond donors (Lipinski definition) is 0. The first-order chi connectivity index (χ1) is 8.80. The van der Waals surface area contributed by atoms with Gasteiger partial charge in [0, 0.05) is 7.11 Å². The average molecular weight is 262 g/mol. The number of rotatable bonds is 6. The molecule has 0 bridgehead atoms. The first kappa shape index (κ1) is 16.6. The largest absolute Gasteiger partial charge is 0.433 e. The van der Waals surface area contributed by atoms with Crippen LogP contribution < -0.4 is 0 Å². The van der Waals surface area contributed by atoms with E-state index >= 15 is 0 Å². The Morgan fingerprint density at radius 3 is 2.21 bits per heavy atom. The first-order valence-electron chi connectivity index (χ1n) is 7.70. The fraction of sp³-hybridized carbons (Fsp3) is 0.765. The van der Waals surface area contributed by atoms with Gasteiger partial charge in [-0.25, -0.2) is 0 Å². The van der Waals surface area contributed by atoms with Gasteiger partial charge < -0.3 is 4.65 Å². The van der Waals surface area contributed by atoms with E-state index in [0.29, 0.717) is 11.8 Å². The van der Waals surface area contributed by atoms with E-state index in [-0.39, 0.29) is 12.2 Å². The van der Waals surface area contributed by atoms with Crippen LogP contribution in [0.4, 0.5) is 0 Å². The third-order valence-electron chi connectivity index (χ3n) is 4.94. The van der Waals surface area contributed by atoms with E-state index < -0.39 is 0 Å². The van der Waals surface area contributed by atoms with Crippen molar-refractivity contribution in [3.63, 3.8) is 0 Å². The molecule has 0 unspecified atom stereocenters. The molecule has 19 heavy (non-hydrogen) atoms. The zero-order valence-corrected chi connectivity index (χ0v) is 13.8. The SMILES string of the molecule is C=C(C)/C=C(/B(OC)C(C)(C)C(C)C)C1CCCC1. The summed E-state index contributed by atoms with van der Waals surface area (Å²) in [7, 11) is 1.86. The Kier molecular flexibility index (Phi) is 5.92. The van der Waals surface area contributed by atoms with Gasteiger partial charge in [-0.15, -0.1) is 0 Å². The lowest BCUT2D eigenvalue weighted by atomic mass is 9.37. The molecular formula is C17H31BO. The smallest absolute Gasteiger partial charge is 0.328 e. The molecule has 0 atom stereocenters. The molecule has 0 aromatic rings. The van der Waals surface area contributed by atoms with Crippen LogP contribution in [0.1, 0.15) is 60.3 Å². The predicted molar refractivity (Wildman–Crippen MR) is 86.5 cm³/mol. The first-order valence-corrected chi connectivity index (χ1v) is 7.70. The van der Waals surface area contributed by atoms with Crippen LogP contribution in [0.2, 0.25) is 5.31 Å². The van der Waals surface area contributed by atoms with E-state index in [1.807, 2.05) is 7.11 Å². The molecule has 0 heterocycles. The minimum Gasteiger partial charge on any atom is -0.433 e. The van der Waals surface area contributed by atoms with E-state index in [1.165, 1.54) is 31.2 Å². The minimum atomic E-state index is 0.151. The molecule has 0 aliphatic heterocycles. The van der Waals surface area contributed by atoms with Crippen molar-refractivity contribution in [3.05, 3.63) is 23.7 Å². The second-order valence-electron chi connectivity index (χ2n) is 7.06. The third-order valence-corrected chi connectivity index (χ3v) is 4.94. The van der Waals surface area contributed by atoms with Crippen molar-refractivity contribution >= 4 is 6.92 Å². The Morgan fingerprint density at radius 2 is 1.84 bits per heavy atom. The highest BCUT2D eigenvalue weighted by Crippen LogP contribution is 2.44. The van der Waals surface area contributed by atoms with E-state index in [9.17, 15) is 0 Å². The number of allylic oxidation sites excluding steroid dienone is 3. The van der Waals surface area contributed by atoms with Crippen LogP contribution in [0, 0.1) is 11.8 Å². The summed E-state index contributed by atoms with van der Waals surface area (Å²) in [5, 5.41) is 0.151. The molecule has 1 fully saturated rings. The van der Waals surface area contributed by atoms with E-state index in [0.717, 1.165) is 5.57 Å². The summed E-state index contributed by atoms with van der Waals surface area (Å²) in [6.07, 6.45) is 7.63. The van der Waals surface area contributed by atoms with Gasteiger partial charge in [0.1, 0.15) is 0 Å². The Hall–Kier alpha value is -0.495. The molecule has 1 rings (SSSR count). The fourth-order valence-corrected chi connectivity index (χ4v) is 3.12. The highest BCUT2D eigenvalue weighted by molar-refractivity contribution is 6.63. The maximum atomic E-state index is 5.94. The van der Waals surface area contributed by atoms with Gasteiger partial charge in [0.2, 0.25) is 0 Å². The molecule has 1 aliphatic rings. The van der Waals surface area contributed by atoms with Gasteiger partial charge in [-0.1, -0.05) is 64.2 Å². The van der Waals surface area contributed by atoms with Crippen molar-refractivity contribution in [2.45, 2.75) is 65.6 Å². The Balaban J connectivity index is 3.10. The second-order valence-corrected chi connectivity index (χ2v) is 7.06. The Morgan fingerprint density at radius 1 is 1.32 bits per heavy atom. The zero-order valence-electron chi connectivity index (χ0n) is 13.8. The molecule has 1 aliphatic carbocycles. The van der Waals surface area contributed by atoms with Crippen LogP contribution in [0.25, 0.3) is 0 Å². The Bertz CT molecular complexity index is 335. The highest BCUT2D eigenvalue weighted by atomic mass is 16.4. The topological polar surface area (TPSA) is 9.23 Å². The van der Waals surface area contributed by atoms with Gasteiger partial charge in [0.25, 0.3) is 0 Å². The maximum Gasteiger partial charge on any atom is 0.328 e. The molecule has 1 saturated carbocycles. The summed E-state index contributed by atoms with van der Waals surface area (Å²) in [5.74, 6) is 1.28. The molecule has 0 N–H and O–H groups in total. The third kappa shape index (κ3) is 3.98. The van der Waals surface area contributed by atoms with Crippen LogP contribution in [-0.4, -0.2) is 14.0 Å². The lowest BCUT2D eigenvalue weighted by molar-refractivity contribution is 0.348. The summed E-state index contributed by atoms with van der Waals surface area (Å²) in [4.78, 5) is 0. The molecule has 0 saturated heterocycles. The standard InChI is InChI=1S/C17H31BO/c1-13(2)12-16(15-10-8-9-11-15)18(19-7)17(5,6)14(3)4/h12,14-15H,1,8-11H2,2-7H3/b16-12+. The molecule has 0 spiro atoms. The van der Waals surface area contributed by atoms with Crippen molar-refractivity contribution in [2.75, 3.05) is 7.11 Å². The molecule has 0 amide bonds. The van der Waals surface area contributed by atoms with Crippen LogP contribution in [0.5, 0.6) is 0 Å². The van der Waals surface area contributed by atoms with Crippen molar-refractivity contribution in [1.82, 2.24) is 0 Å². The van der Waals surface area contributed by atoms with Gasteiger partial charge in [-0.3, -0.25) is 0 Å². The summed E-state index contributed by atoms with van der Waals surface area (Å²) in [6.45, 7) is 15.6. The lowest BCUT2D eigenvalue weighted by Gasteiger charge is -2.37. The van der Waals surface area contributed by atoms with Gasteiger partial charge in [0.05, 0.1) is 0 Å². The molecule has 0 aromatic heterocycles. The van der Waals surface area contributed by atoms with Gasteiger partial charge in [-0.2, -0.15) is 0 Å². The van der Waals surface area contributed by atoms with Crippen molar-refractivity contribution in [2.24, 2.45) is 11.8 Å². The van der Waals surface area contributed by atoms with E-state index in [1.54, 1.807) is 0 Å². The summed E-state index contributed by atoms with van der Waals surface area (Å²) in [6, 6.07) is 0. The normalized spacial score (nSPS) is 18.2. The average Bonchev–Trinajstić information content (AvgIpc) is 2.80. The van der Waals surface area contributed by atoms with Crippen molar-refractivity contribution in [1.29, 1.82) is 0 Å². The molecule has 2 heteroatoms. The van der Waals surface area contributed by atoms with Crippen LogP contribution in [-0.2, 0) is 4.65 Å². The lowest BCUT2D eigenvalue weighted by Crippen LogP contribution is -2.38. The van der Waals surface area contributed by atoms with Crippen LogP contribution >= 0.6 is 0 Å². The monoisotopic (exact) mass is 262 g/mol. The fourth-order valence-electron chi connectivity index (χ4n) is 3.12. The van der Waals surface area contributed by atoms with Crippen LogP contribution in [0.3, 0.4) is 0 Å². The van der Waals surface area contributed by atoms with Gasteiger partial charge >= 0.3 is 6.92 Å².